The van der Waals surface area contributed by atoms with Crippen molar-refractivity contribution in [2.24, 2.45) is 11.8 Å². The van der Waals surface area contributed by atoms with Gasteiger partial charge in [-0.15, -0.1) is 0 Å². The van der Waals surface area contributed by atoms with Gasteiger partial charge in [0.15, 0.2) is 0 Å². The summed E-state index contributed by atoms with van der Waals surface area (Å²) < 4.78 is 5.45. The summed E-state index contributed by atoms with van der Waals surface area (Å²) in [4.78, 5) is 29.6. The summed E-state index contributed by atoms with van der Waals surface area (Å²) in [6.07, 6.45) is 3.42. The lowest BCUT2D eigenvalue weighted by Gasteiger charge is -2.29. The van der Waals surface area contributed by atoms with Crippen LogP contribution in [-0.2, 0) is 6.42 Å². The lowest BCUT2D eigenvalue weighted by atomic mass is 10.0. The van der Waals surface area contributed by atoms with Gasteiger partial charge in [-0.05, 0) is 63.7 Å². The van der Waals surface area contributed by atoms with Crippen LogP contribution in [0.5, 0.6) is 0 Å². The van der Waals surface area contributed by atoms with Gasteiger partial charge in [0.2, 0.25) is 0 Å². The van der Waals surface area contributed by atoms with Crippen LogP contribution in [0.4, 0.5) is 0 Å². The molecule has 1 amide bonds. The molecule has 1 N–H and O–H groups in total. The number of aliphatic hydroxyl groups is 1. The van der Waals surface area contributed by atoms with Gasteiger partial charge >= 0.3 is 5.63 Å². The lowest BCUT2D eigenvalue weighted by molar-refractivity contribution is 0.0683. The van der Waals surface area contributed by atoms with Crippen molar-refractivity contribution >= 4 is 5.91 Å². The van der Waals surface area contributed by atoms with E-state index in [0.29, 0.717) is 36.8 Å². The molecular weight excluding hydrogens is 344 g/mol. The van der Waals surface area contributed by atoms with Gasteiger partial charge in [0.25, 0.3) is 5.91 Å². The smallest absolute Gasteiger partial charge is 0.349 e. The molecular formula is C21H34N2O4. The molecule has 1 aliphatic heterocycles. The van der Waals surface area contributed by atoms with Crippen molar-refractivity contribution in [3.05, 3.63) is 33.4 Å². The zero-order valence-electron chi connectivity index (χ0n) is 17.3. The van der Waals surface area contributed by atoms with E-state index in [9.17, 15) is 14.7 Å². The topological polar surface area (TPSA) is 74.0 Å². The first kappa shape index (κ1) is 21.6. The minimum atomic E-state index is -0.551. The summed E-state index contributed by atoms with van der Waals surface area (Å²) in [6.45, 7) is 7.12. The average Bonchev–Trinajstić information content (AvgIpc) is 2.82. The highest BCUT2D eigenvalue weighted by molar-refractivity contribution is 5.95. The Morgan fingerprint density at radius 2 is 2.04 bits per heavy atom. The first-order valence-corrected chi connectivity index (χ1v) is 9.93. The summed E-state index contributed by atoms with van der Waals surface area (Å²) in [6, 6.07) is 2.03. The summed E-state index contributed by atoms with van der Waals surface area (Å²) in [5.41, 5.74) is 0.241. The van der Waals surface area contributed by atoms with Crippen LogP contribution in [0.3, 0.4) is 0 Å². The molecule has 0 saturated carbocycles. The van der Waals surface area contributed by atoms with Crippen LogP contribution in [0.2, 0.25) is 0 Å². The van der Waals surface area contributed by atoms with Gasteiger partial charge in [-0.2, -0.15) is 0 Å². The summed E-state index contributed by atoms with van der Waals surface area (Å²) in [7, 11) is 3.99. The Bertz CT molecular complexity index is 696. The fourth-order valence-electron chi connectivity index (χ4n) is 3.63. The van der Waals surface area contributed by atoms with Crippen LogP contribution >= 0.6 is 0 Å². The number of hydrogen-bond donors (Lipinski definition) is 1. The molecule has 1 fully saturated rings. The number of aryl methyl sites for hydroxylation is 2. The van der Waals surface area contributed by atoms with Gasteiger partial charge in [-0.1, -0.05) is 13.8 Å². The number of rotatable bonds is 6. The van der Waals surface area contributed by atoms with Crippen molar-refractivity contribution in [1.29, 1.82) is 0 Å². The predicted octanol–water partition coefficient (Wildman–Crippen LogP) is 2.31. The molecule has 0 unspecified atom stereocenters. The number of carbonyl (C=O) groups is 1. The van der Waals surface area contributed by atoms with Crippen molar-refractivity contribution in [1.82, 2.24) is 9.80 Å². The van der Waals surface area contributed by atoms with Crippen LogP contribution in [0.25, 0.3) is 0 Å². The first-order valence-electron chi connectivity index (χ1n) is 9.93. The fourth-order valence-corrected chi connectivity index (χ4v) is 3.63. The Labute approximate surface area is 162 Å². The zero-order chi connectivity index (χ0) is 20.1. The Morgan fingerprint density at radius 3 is 2.59 bits per heavy atom. The Kier molecular flexibility index (Phi) is 7.62. The Morgan fingerprint density at radius 1 is 1.33 bits per heavy atom. The maximum absolute atomic E-state index is 13.2. The molecule has 1 aliphatic rings. The number of aliphatic hydroxyl groups excluding tert-OH is 1. The van der Waals surface area contributed by atoms with Crippen LogP contribution in [0.15, 0.2) is 15.3 Å². The third-order valence-electron chi connectivity index (χ3n) is 5.48. The van der Waals surface area contributed by atoms with Gasteiger partial charge in [-0.3, -0.25) is 4.79 Å². The van der Waals surface area contributed by atoms with E-state index in [4.69, 9.17) is 4.42 Å². The number of nitrogens with zero attached hydrogens (tertiary/aromatic N) is 2. The highest BCUT2D eigenvalue weighted by atomic mass is 16.4. The summed E-state index contributed by atoms with van der Waals surface area (Å²) in [5.74, 6) is 0.908. The summed E-state index contributed by atoms with van der Waals surface area (Å²) in [5, 5.41) is 9.63. The molecule has 6 heteroatoms. The molecule has 27 heavy (non-hydrogen) atoms. The molecule has 2 heterocycles. The van der Waals surface area contributed by atoms with Crippen LogP contribution < -0.4 is 5.63 Å². The quantitative estimate of drug-likeness (QED) is 0.822. The van der Waals surface area contributed by atoms with E-state index >= 15 is 0 Å². The van der Waals surface area contributed by atoms with Gasteiger partial charge in [-0.25, -0.2) is 4.79 Å². The van der Waals surface area contributed by atoms with Crippen molar-refractivity contribution in [2.75, 3.05) is 33.8 Å². The van der Waals surface area contributed by atoms with Crippen LogP contribution in [0.1, 0.15) is 54.8 Å². The molecule has 0 aliphatic carbocycles. The Balaban J connectivity index is 2.27. The van der Waals surface area contributed by atoms with E-state index in [1.54, 1.807) is 11.8 Å². The largest absolute Gasteiger partial charge is 0.427 e. The highest BCUT2D eigenvalue weighted by Gasteiger charge is 2.30. The predicted molar refractivity (Wildman–Crippen MR) is 106 cm³/mol. The second-order valence-electron chi connectivity index (χ2n) is 8.44. The normalized spacial score (nSPS) is 21.0. The minimum Gasteiger partial charge on any atom is -0.427 e. The van der Waals surface area contributed by atoms with Crippen molar-refractivity contribution in [3.63, 3.8) is 0 Å². The van der Waals surface area contributed by atoms with Gasteiger partial charge in [0, 0.05) is 32.2 Å². The fraction of sp³-hybridized carbons (Fsp3) is 0.714. The highest BCUT2D eigenvalue weighted by Crippen LogP contribution is 2.21. The van der Waals surface area contributed by atoms with E-state index in [-0.39, 0.29) is 30.0 Å². The third-order valence-corrected chi connectivity index (χ3v) is 5.48. The second kappa shape index (κ2) is 9.51. The molecule has 6 nitrogen and oxygen atoms in total. The van der Waals surface area contributed by atoms with Crippen molar-refractivity contribution in [3.8, 4) is 0 Å². The minimum absolute atomic E-state index is 0.0385. The van der Waals surface area contributed by atoms with E-state index in [1.165, 1.54) is 0 Å². The number of amides is 1. The first-order chi connectivity index (χ1) is 12.7. The molecule has 0 aromatic carbocycles. The molecule has 0 spiro atoms. The third kappa shape index (κ3) is 5.66. The molecule has 0 bridgehead atoms. The standard InChI is InChI=1S/C21H34N2O4/c1-14(2)6-9-18-10-15(3)19(21(26)27-18)20(25)23-11-16(13-24)7-8-17(12-23)22(4)5/h10,14,16-17,24H,6-9,11-13H2,1-5H3/t16-,17+/m0/s1. The molecule has 1 aromatic rings. The Hall–Kier alpha value is -1.66. The van der Waals surface area contributed by atoms with Gasteiger partial charge in [0.05, 0.1) is 0 Å². The maximum atomic E-state index is 13.2. The van der Waals surface area contributed by atoms with Gasteiger partial charge < -0.3 is 19.3 Å². The molecule has 152 valence electrons. The molecule has 2 atom stereocenters. The van der Waals surface area contributed by atoms with Crippen molar-refractivity contribution < 1.29 is 14.3 Å². The molecule has 1 saturated heterocycles. The lowest BCUT2D eigenvalue weighted by Crippen LogP contribution is -2.44. The molecule has 1 aromatic heterocycles. The SMILES string of the molecule is Cc1cc(CCC(C)C)oc(=O)c1C(=O)N1C[C@@H](CO)CC[C@@H](N(C)C)C1. The van der Waals surface area contributed by atoms with Crippen LogP contribution in [0, 0.1) is 18.8 Å². The molecule has 2 rings (SSSR count). The second-order valence-corrected chi connectivity index (χ2v) is 8.44. The van der Waals surface area contributed by atoms with E-state index in [2.05, 4.69) is 18.7 Å². The molecule has 0 radical (unpaired) electrons. The summed E-state index contributed by atoms with van der Waals surface area (Å²) >= 11 is 0. The van der Waals surface area contributed by atoms with Gasteiger partial charge in [0.1, 0.15) is 11.3 Å². The van der Waals surface area contributed by atoms with E-state index in [1.807, 2.05) is 20.2 Å². The number of likely N-dealkylation sites (tertiary alicyclic amines) is 1. The monoisotopic (exact) mass is 378 g/mol. The van der Waals surface area contributed by atoms with E-state index in [0.717, 1.165) is 19.3 Å². The number of likely N-dealkylation sites (N-methyl/N-ethyl adjacent to an activating group) is 1. The van der Waals surface area contributed by atoms with E-state index < -0.39 is 5.63 Å². The number of hydrogen-bond acceptors (Lipinski definition) is 5. The average molecular weight is 379 g/mol. The van der Waals surface area contributed by atoms with Crippen molar-refractivity contribution in [2.45, 2.75) is 52.5 Å². The number of carbonyl (C=O) groups excluding carboxylic acids is 1. The zero-order valence-corrected chi connectivity index (χ0v) is 17.3. The van der Waals surface area contributed by atoms with Crippen LogP contribution in [-0.4, -0.2) is 60.6 Å². The maximum Gasteiger partial charge on any atom is 0.349 e.